The minimum atomic E-state index is -0.833. The normalized spacial score (nSPS) is 10.6. The average Bonchev–Trinajstić information content (AvgIpc) is 3.15. The lowest BCUT2D eigenvalue weighted by Gasteiger charge is -2.00. The van der Waals surface area contributed by atoms with Crippen LogP contribution in [0.3, 0.4) is 0 Å². The molecule has 0 aliphatic carbocycles. The van der Waals surface area contributed by atoms with E-state index in [1.165, 1.54) is 71.2 Å². The van der Waals surface area contributed by atoms with Gasteiger partial charge in [-0.05, 0) is 42.2 Å². The Morgan fingerprint density at radius 1 is 0.889 bits per heavy atom. The van der Waals surface area contributed by atoms with Gasteiger partial charge in [0, 0.05) is 16.3 Å². The maximum Gasteiger partial charge on any atom is 0.346 e. The number of aryl methyl sites for hydroxylation is 2. The van der Waals surface area contributed by atoms with Gasteiger partial charge in [-0.2, -0.15) is 0 Å². The number of carbonyl (C=O) groups is 2. The van der Waals surface area contributed by atoms with Crippen molar-refractivity contribution in [3.63, 3.8) is 0 Å². The lowest BCUT2D eigenvalue weighted by Crippen LogP contribution is -1.97. The number of fused-ring (bicyclic) bond motifs is 1. The molecule has 0 unspecified atom stereocenters. The van der Waals surface area contributed by atoms with E-state index in [2.05, 4.69) is 19.2 Å². The largest absolute Gasteiger partial charge is 0.481 e. The highest BCUT2D eigenvalue weighted by Gasteiger charge is 2.20. The molecule has 27 heavy (non-hydrogen) atoms. The lowest BCUT2D eigenvalue weighted by molar-refractivity contribution is -0.134. The fraction of sp³-hybridized carbons (Fsp3) is 0.619. The molecular formula is C21H32O4S2. The molecule has 0 saturated heterocycles. The van der Waals surface area contributed by atoms with Gasteiger partial charge in [-0.3, -0.25) is 4.79 Å². The van der Waals surface area contributed by atoms with Crippen molar-refractivity contribution in [2.75, 3.05) is 0 Å². The summed E-state index contributed by atoms with van der Waals surface area (Å²) >= 11 is 3.26. The number of unbranched alkanes of at least 4 members (excludes halogenated alkanes) is 6. The van der Waals surface area contributed by atoms with Gasteiger partial charge in [-0.1, -0.05) is 52.4 Å². The van der Waals surface area contributed by atoms with Gasteiger partial charge in [0.2, 0.25) is 0 Å². The first-order chi connectivity index (χ1) is 12.9. The molecule has 2 N–H and O–H groups in total. The molecule has 0 radical (unpaired) electrons. The molecule has 0 spiro atoms. The van der Waals surface area contributed by atoms with Gasteiger partial charge in [-0.25, -0.2) is 4.79 Å². The van der Waals surface area contributed by atoms with Crippen LogP contribution in [0.25, 0.3) is 9.40 Å². The van der Waals surface area contributed by atoms with Gasteiger partial charge in [0.25, 0.3) is 5.97 Å². The summed E-state index contributed by atoms with van der Waals surface area (Å²) in [5.74, 6) is -1.58. The number of hydrogen-bond donors (Lipinski definition) is 2. The fourth-order valence-electron chi connectivity index (χ4n) is 3.01. The van der Waals surface area contributed by atoms with E-state index in [0.29, 0.717) is 4.88 Å². The molecule has 0 aliphatic rings. The highest BCUT2D eigenvalue weighted by molar-refractivity contribution is 7.28. The number of hydrogen-bond acceptors (Lipinski definition) is 4. The number of aromatic carboxylic acids is 1. The van der Waals surface area contributed by atoms with Crippen molar-refractivity contribution in [3.05, 3.63) is 21.4 Å². The highest BCUT2D eigenvalue weighted by atomic mass is 32.1. The quantitative estimate of drug-likeness (QED) is 0.390. The molecule has 0 fully saturated rings. The summed E-state index contributed by atoms with van der Waals surface area (Å²) in [7, 11) is 0. The second-order valence-electron chi connectivity index (χ2n) is 6.77. The summed E-state index contributed by atoms with van der Waals surface area (Å²) in [4.78, 5) is 21.2. The average molecular weight is 413 g/mol. The van der Waals surface area contributed by atoms with Crippen molar-refractivity contribution >= 4 is 44.0 Å². The molecule has 6 heteroatoms. The first kappa shape index (κ1) is 23.6. The highest BCUT2D eigenvalue weighted by Crippen LogP contribution is 2.40. The molecule has 2 aromatic heterocycles. The predicted molar refractivity (Wildman–Crippen MR) is 116 cm³/mol. The van der Waals surface area contributed by atoms with Crippen molar-refractivity contribution in [1.82, 2.24) is 0 Å². The van der Waals surface area contributed by atoms with Crippen molar-refractivity contribution in [2.45, 2.75) is 85.0 Å². The molecule has 0 atom stereocenters. The Balaban J connectivity index is 0.000000828. The molecule has 0 saturated carbocycles. The smallest absolute Gasteiger partial charge is 0.346 e. The minimum Gasteiger partial charge on any atom is -0.481 e. The van der Waals surface area contributed by atoms with Crippen LogP contribution in [0.4, 0.5) is 0 Å². The second kappa shape index (κ2) is 12.9. The van der Waals surface area contributed by atoms with Crippen LogP contribution in [-0.2, 0) is 17.6 Å². The van der Waals surface area contributed by atoms with Crippen LogP contribution in [-0.4, -0.2) is 22.2 Å². The van der Waals surface area contributed by atoms with Crippen LogP contribution < -0.4 is 0 Å². The summed E-state index contributed by atoms with van der Waals surface area (Å²) in [5.41, 5.74) is 2.46. The molecule has 0 amide bonds. The topological polar surface area (TPSA) is 74.6 Å². The Kier molecular flexibility index (Phi) is 11.3. The van der Waals surface area contributed by atoms with E-state index in [0.717, 1.165) is 31.7 Å². The van der Waals surface area contributed by atoms with Crippen molar-refractivity contribution in [3.8, 4) is 0 Å². The molecule has 152 valence electrons. The summed E-state index contributed by atoms with van der Waals surface area (Å²) in [6, 6.07) is 0. The van der Waals surface area contributed by atoms with Crippen molar-refractivity contribution in [1.29, 1.82) is 0 Å². The van der Waals surface area contributed by atoms with Crippen LogP contribution >= 0.6 is 22.7 Å². The first-order valence-electron chi connectivity index (χ1n) is 9.86. The molecule has 2 rings (SSSR count). The third-order valence-corrected chi connectivity index (χ3v) is 6.86. The van der Waals surface area contributed by atoms with Gasteiger partial charge in [-0.15, -0.1) is 22.7 Å². The minimum absolute atomic E-state index is 0.582. The van der Waals surface area contributed by atoms with E-state index in [-0.39, 0.29) is 0 Å². The zero-order valence-corrected chi connectivity index (χ0v) is 18.3. The van der Waals surface area contributed by atoms with Crippen LogP contribution in [0.15, 0.2) is 5.38 Å². The van der Waals surface area contributed by atoms with Crippen molar-refractivity contribution < 1.29 is 19.8 Å². The maximum absolute atomic E-state index is 11.6. The van der Waals surface area contributed by atoms with Gasteiger partial charge >= 0.3 is 5.97 Å². The summed E-state index contributed by atoms with van der Waals surface area (Å²) in [6.07, 6.45) is 11.8. The number of aliphatic carboxylic acids is 1. The molecule has 0 bridgehead atoms. The van der Waals surface area contributed by atoms with Crippen LogP contribution in [0.2, 0.25) is 0 Å². The number of carboxylic acid groups (broad SMARTS) is 2. The van der Waals surface area contributed by atoms with Crippen molar-refractivity contribution in [2.24, 2.45) is 0 Å². The Labute approximate surface area is 170 Å². The van der Waals surface area contributed by atoms with Gasteiger partial charge in [0.15, 0.2) is 0 Å². The Morgan fingerprint density at radius 3 is 1.96 bits per heavy atom. The zero-order valence-electron chi connectivity index (χ0n) is 16.7. The Bertz CT molecular complexity index is 711. The number of carboxylic acids is 2. The molecule has 0 aromatic carbocycles. The molecule has 0 aliphatic heterocycles. The van der Waals surface area contributed by atoms with E-state index in [9.17, 15) is 9.90 Å². The number of rotatable bonds is 11. The molecular weight excluding hydrogens is 380 g/mol. The first-order valence-corrected chi connectivity index (χ1v) is 11.6. The molecule has 2 heterocycles. The van der Waals surface area contributed by atoms with Crippen LogP contribution in [0.1, 0.15) is 92.9 Å². The Hall–Kier alpha value is -1.40. The molecule has 2 aromatic rings. The van der Waals surface area contributed by atoms with E-state index in [1.54, 1.807) is 11.3 Å². The SMILES string of the molecule is CC(=O)O.CCCCCCc1csc2c(CCCCCC)c(C(=O)O)sc12. The standard InChI is InChI=1S/C19H28O2S2.C2H4O2/c1-3-5-7-9-11-14-13-22-17-15(12-10-8-6-4-2)18(19(20)21)23-16(14)17;1-2(3)4/h13H,3-12H2,1-2H3,(H,20,21);1H3,(H,3,4). The van der Waals surface area contributed by atoms with E-state index in [4.69, 9.17) is 9.90 Å². The van der Waals surface area contributed by atoms with Gasteiger partial charge in [0.1, 0.15) is 4.88 Å². The van der Waals surface area contributed by atoms with E-state index < -0.39 is 11.9 Å². The lowest BCUT2D eigenvalue weighted by atomic mass is 10.1. The Morgan fingerprint density at radius 2 is 1.44 bits per heavy atom. The van der Waals surface area contributed by atoms with Gasteiger partial charge in [0.05, 0.1) is 0 Å². The third-order valence-electron chi connectivity index (χ3n) is 4.34. The summed E-state index contributed by atoms with van der Waals surface area (Å²) in [6.45, 7) is 5.52. The van der Waals surface area contributed by atoms with Gasteiger partial charge < -0.3 is 10.2 Å². The monoisotopic (exact) mass is 412 g/mol. The predicted octanol–water partition coefficient (Wildman–Crippen LogP) is 7.00. The summed E-state index contributed by atoms with van der Waals surface area (Å²) < 4.78 is 2.49. The molecule has 4 nitrogen and oxygen atoms in total. The van der Waals surface area contributed by atoms with E-state index >= 15 is 0 Å². The third kappa shape index (κ3) is 8.01. The fourth-order valence-corrected chi connectivity index (χ4v) is 5.63. The summed E-state index contributed by atoms with van der Waals surface area (Å²) in [5, 5.41) is 19.2. The van der Waals surface area contributed by atoms with E-state index in [1.807, 2.05) is 0 Å². The zero-order chi connectivity index (χ0) is 20.2. The van der Waals surface area contributed by atoms with Crippen LogP contribution in [0.5, 0.6) is 0 Å². The number of thiophene rings is 2. The maximum atomic E-state index is 11.6. The second-order valence-corrected chi connectivity index (χ2v) is 8.67. The van der Waals surface area contributed by atoms with Crippen LogP contribution in [0, 0.1) is 0 Å².